The molecule has 3 heterocycles. The number of aromatic nitrogens is 3. The Labute approximate surface area is 220 Å². The Morgan fingerprint density at radius 1 is 0.605 bits per heavy atom. The number of fused-ring (bicyclic) bond motifs is 6. The molecule has 4 aromatic carbocycles. The fourth-order valence-electron chi connectivity index (χ4n) is 6.22. The molecule has 0 fully saturated rings. The molecule has 0 radical (unpaired) electrons. The number of pyridine rings is 1. The van der Waals surface area contributed by atoms with Gasteiger partial charge in [-0.3, -0.25) is 4.98 Å². The highest BCUT2D eigenvalue weighted by Crippen LogP contribution is 2.40. The van der Waals surface area contributed by atoms with Crippen LogP contribution in [-0.4, -0.2) is 14.1 Å². The second-order valence-electron chi connectivity index (χ2n) is 9.98. The maximum atomic E-state index is 4.74. The molecular formula is C35H25N3. The predicted molar refractivity (Wildman–Crippen MR) is 158 cm³/mol. The summed E-state index contributed by atoms with van der Waals surface area (Å²) in [6.45, 7) is 0. The number of benzene rings is 4. The first-order valence-electron chi connectivity index (χ1n) is 13.2. The molecule has 0 saturated carbocycles. The zero-order chi connectivity index (χ0) is 25.1. The van der Waals surface area contributed by atoms with E-state index in [0.29, 0.717) is 0 Å². The maximum Gasteiger partial charge on any atom is 0.0650 e. The monoisotopic (exact) mass is 487 g/mol. The maximum absolute atomic E-state index is 4.74. The Balaban J connectivity index is 1.44. The second kappa shape index (κ2) is 8.32. The van der Waals surface area contributed by atoms with E-state index >= 15 is 0 Å². The van der Waals surface area contributed by atoms with Crippen molar-refractivity contribution in [2.75, 3.05) is 0 Å². The first-order chi connectivity index (χ1) is 18.9. The SMILES string of the molecule is C1=Cc2c(c3cc(-c4cncc5c6ccccc6n(-c6ccccc6)c45)ccc3n2-c2ccccc2)CC1. The van der Waals surface area contributed by atoms with Crippen molar-refractivity contribution in [1.29, 1.82) is 0 Å². The Bertz CT molecular complexity index is 2010. The van der Waals surface area contributed by atoms with Gasteiger partial charge in [-0.05, 0) is 72.5 Å². The summed E-state index contributed by atoms with van der Waals surface area (Å²) in [4.78, 5) is 4.74. The van der Waals surface area contributed by atoms with Crippen molar-refractivity contribution in [1.82, 2.24) is 14.1 Å². The van der Waals surface area contributed by atoms with E-state index in [4.69, 9.17) is 4.98 Å². The van der Waals surface area contributed by atoms with Gasteiger partial charge in [0.05, 0.1) is 16.6 Å². The molecule has 7 aromatic rings. The van der Waals surface area contributed by atoms with E-state index in [0.717, 1.165) is 24.1 Å². The van der Waals surface area contributed by atoms with Crippen molar-refractivity contribution < 1.29 is 0 Å². The highest BCUT2D eigenvalue weighted by atomic mass is 15.0. The highest BCUT2D eigenvalue weighted by molar-refractivity contribution is 6.13. The third-order valence-corrected chi connectivity index (χ3v) is 7.87. The number of hydrogen-bond acceptors (Lipinski definition) is 1. The van der Waals surface area contributed by atoms with Crippen LogP contribution in [0.2, 0.25) is 0 Å². The summed E-state index contributed by atoms with van der Waals surface area (Å²) in [5.41, 5.74) is 11.1. The Morgan fingerprint density at radius 2 is 1.32 bits per heavy atom. The van der Waals surface area contributed by atoms with Crippen molar-refractivity contribution in [3.8, 4) is 22.5 Å². The smallest absolute Gasteiger partial charge is 0.0650 e. The molecule has 0 aliphatic heterocycles. The fourth-order valence-corrected chi connectivity index (χ4v) is 6.22. The molecule has 8 rings (SSSR count). The molecule has 0 saturated heterocycles. The lowest BCUT2D eigenvalue weighted by Crippen LogP contribution is -1.99. The molecular weight excluding hydrogens is 462 g/mol. The number of hydrogen-bond donors (Lipinski definition) is 0. The zero-order valence-electron chi connectivity index (χ0n) is 20.9. The van der Waals surface area contributed by atoms with Gasteiger partial charge in [0, 0.05) is 51.2 Å². The molecule has 3 heteroatoms. The zero-order valence-corrected chi connectivity index (χ0v) is 20.9. The van der Waals surface area contributed by atoms with Crippen LogP contribution in [0.3, 0.4) is 0 Å². The Hall–Kier alpha value is -4.89. The molecule has 0 spiro atoms. The van der Waals surface area contributed by atoms with E-state index < -0.39 is 0 Å². The summed E-state index contributed by atoms with van der Waals surface area (Å²) < 4.78 is 4.79. The number of aryl methyl sites for hydroxylation is 1. The summed E-state index contributed by atoms with van der Waals surface area (Å²) in [7, 11) is 0. The average molecular weight is 488 g/mol. The van der Waals surface area contributed by atoms with Gasteiger partial charge >= 0.3 is 0 Å². The molecule has 3 aromatic heterocycles. The van der Waals surface area contributed by atoms with Gasteiger partial charge in [0.2, 0.25) is 0 Å². The first-order valence-corrected chi connectivity index (χ1v) is 13.2. The first kappa shape index (κ1) is 21.2. The Kier molecular flexibility index (Phi) is 4.65. The van der Waals surface area contributed by atoms with Crippen LogP contribution in [0.5, 0.6) is 0 Å². The average Bonchev–Trinajstić information content (AvgIpc) is 3.51. The number of rotatable bonds is 3. The van der Waals surface area contributed by atoms with Crippen LogP contribution < -0.4 is 0 Å². The van der Waals surface area contributed by atoms with Gasteiger partial charge in [0.1, 0.15) is 0 Å². The van der Waals surface area contributed by atoms with Gasteiger partial charge in [-0.15, -0.1) is 0 Å². The topological polar surface area (TPSA) is 22.8 Å². The summed E-state index contributed by atoms with van der Waals surface area (Å²) in [6.07, 6.45) is 10.8. The Morgan fingerprint density at radius 3 is 2.13 bits per heavy atom. The van der Waals surface area contributed by atoms with Gasteiger partial charge in [0.15, 0.2) is 0 Å². The molecule has 0 atom stereocenters. The number of para-hydroxylation sites is 3. The molecule has 0 unspecified atom stereocenters. The minimum Gasteiger partial charge on any atom is -0.310 e. The van der Waals surface area contributed by atoms with E-state index in [1.54, 1.807) is 0 Å². The third-order valence-electron chi connectivity index (χ3n) is 7.87. The summed E-state index contributed by atoms with van der Waals surface area (Å²) in [5.74, 6) is 0. The molecule has 1 aliphatic carbocycles. The summed E-state index contributed by atoms with van der Waals surface area (Å²) in [6, 6.07) is 36.9. The second-order valence-corrected chi connectivity index (χ2v) is 9.98. The normalized spacial score (nSPS) is 12.9. The lowest BCUT2D eigenvalue weighted by molar-refractivity contribution is 0.967. The highest BCUT2D eigenvalue weighted by Gasteiger charge is 2.21. The van der Waals surface area contributed by atoms with Crippen LogP contribution in [0.15, 0.2) is 122 Å². The molecule has 3 nitrogen and oxygen atoms in total. The molecule has 180 valence electrons. The van der Waals surface area contributed by atoms with Crippen molar-refractivity contribution >= 4 is 38.8 Å². The van der Waals surface area contributed by atoms with Crippen LogP contribution in [0.4, 0.5) is 0 Å². The van der Waals surface area contributed by atoms with Crippen molar-refractivity contribution in [3.63, 3.8) is 0 Å². The van der Waals surface area contributed by atoms with Crippen molar-refractivity contribution in [2.45, 2.75) is 12.8 Å². The van der Waals surface area contributed by atoms with E-state index in [9.17, 15) is 0 Å². The molecule has 1 aliphatic rings. The quantitative estimate of drug-likeness (QED) is 0.244. The van der Waals surface area contributed by atoms with Gasteiger partial charge in [-0.1, -0.05) is 66.7 Å². The molecule has 0 amide bonds. The minimum atomic E-state index is 1.05. The van der Waals surface area contributed by atoms with E-state index in [-0.39, 0.29) is 0 Å². The van der Waals surface area contributed by atoms with Gasteiger partial charge < -0.3 is 9.13 Å². The van der Waals surface area contributed by atoms with Gasteiger partial charge in [-0.25, -0.2) is 0 Å². The summed E-state index contributed by atoms with van der Waals surface area (Å²) in [5, 5.41) is 3.72. The third kappa shape index (κ3) is 3.05. The van der Waals surface area contributed by atoms with E-state index in [2.05, 4.69) is 124 Å². The van der Waals surface area contributed by atoms with Crippen LogP contribution in [0, 0.1) is 0 Å². The largest absolute Gasteiger partial charge is 0.310 e. The number of allylic oxidation sites excluding steroid dienone is 1. The molecule has 0 N–H and O–H groups in total. The minimum absolute atomic E-state index is 1.05. The van der Waals surface area contributed by atoms with E-state index in [1.807, 2.05) is 12.4 Å². The summed E-state index contributed by atoms with van der Waals surface area (Å²) >= 11 is 0. The lowest BCUT2D eigenvalue weighted by atomic mass is 9.97. The van der Waals surface area contributed by atoms with Crippen LogP contribution in [0.1, 0.15) is 17.7 Å². The standard InChI is InChI=1S/C35H25N3/c1-3-11-25(12-4-1)37-32-17-9-7-15-27(32)29-21-24(19-20-34(29)37)30-22-36-23-31-28-16-8-10-18-33(28)38(35(30)31)26-13-5-2-6-14-26/h1-6,8-14,16-23H,7,15H2. The van der Waals surface area contributed by atoms with Crippen LogP contribution in [0.25, 0.3) is 61.3 Å². The van der Waals surface area contributed by atoms with Gasteiger partial charge in [0.25, 0.3) is 0 Å². The van der Waals surface area contributed by atoms with Crippen molar-refractivity contribution in [2.24, 2.45) is 0 Å². The van der Waals surface area contributed by atoms with Gasteiger partial charge in [-0.2, -0.15) is 0 Å². The van der Waals surface area contributed by atoms with Crippen molar-refractivity contribution in [3.05, 3.63) is 133 Å². The molecule has 0 bridgehead atoms. The fraction of sp³-hybridized carbons (Fsp3) is 0.0571. The lowest BCUT2D eigenvalue weighted by Gasteiger charge is -2.12. The molecule has 38 heavy (non-hydrogen) atoms. The van der Waals surface area contributed by atoms with Crippen LogP contribution >= 0.6 is 0 Å². The predicted octanol–water partition coefficient (Wildman–Crippen LogP) is 8.75. The van der Waals surface area contributed by atoms with Crippen LogP contribution in [-0.2, 0) is 6.42 Å². The van der Waals surface area contributed by atoms with E-state index in [1.165, 1.54) is 55.2 Å². The number of nitrogens with zero attached hydrogens (tertiary/aromatic N) is 3.